The number of rotatable bonds is 9. The highest BCUT2D eigenvalue weighted by atomic mass is 16.5. The first kappa shape index (κ1) is 24.7. The lowest BCUT2D eigenvalue weighted by Gasteiger charge is -2.40. The second-order valence-corrected chi connectivity index (χ2v) is 9.10. The summed E-state index contributed by atoms with van der Waals surface area (Å²) in [6, 6.07) is 17.1. The largest absolute Gasteiger partial charge is 0.504 e. The van der Waals surface area contributed by atoms with E-state index in [4.69, 9.17) is 13.9 Å². The van der Waals surface area contributed by atoms with E-state index in [1.54, 1.807) is 32.4 Å². The molecule has 2 heterocycles. The van der Waals surface area contributed by atoms with Crippen LogP contribution >= 0.6 is 0 Å². The zero-order chi connectivity index (χ0) is 24.8. The van der Waals surface area contributed by atoms with Gasteiger partial charge in [0, 0.05) is 25.2 Å². The molecule has 1 saturated heterocycles. The SMILES string of the molecule is COc1cccc(CC(C2CCN(Cc3cccc(OC)c3O)CC2)N(C)C(=O)c2ccco2)c1. The van der Waals surface area contributed by atoms with E-state index in [0.29, 0.717) is 24.0 Å². The van der Waals surface area contributed by atoms with Crippen LogP contribution in [0.3, 0.4) is 0 Å². The lowest BCUT2D eigenvalue weighted by atomic mass is 9.84. The van der Waals surface area contributed by atoms with E-state index in [-0.39, 0.29) is 17.7 Å². The smallest absolute Gasteiger partial charge is 0.289 e. The summed E-state index contributed by atoms with van der Waals surface area (Å²) in [6.45, 7) is 2.44. The second-order valence-electron chi connectivity index (χ2n) is 9.10. The highest BCUT2D eigenvalue weighted by Gasteiger charge is 2.33. The van der Waals surface area contributed by atoms with Gasteiger partial charge in [0.25, 0.3) is 5.91 Å². The van der Waals surface area contributed by atoms with Gasteiger partial charge in [0.1, 0.15) is 5.75 Å². The number of carbonyl (C=O) groups is 1. The first-order valence-corrected chi connectivity index (χ1v) is 12.0. The van der Waals surface area contributed by atoms with Crippen molar-refractivity contribution in [2.75, 3.05) is 34.4 Å². The Morgan fingerprint density at radius 1 is 1.11 bits per heavy atom. The number of aromatic hydroxyl groups is 1. The van der Waals surface area contributed by atoms with Gasteiger partial charge < -0.3 is 23.9 Å². The average Bonchev–Trinajstić information content (AvgIpc) is 3.43. The summed E-state index contributed by atoms with van der Waals surface area (Å²) in [5, 5.41) is 10.5. The summed E-state index contributed by atoms with van der Waals surface area (Å²) >= 11 is 0. The Kier molecular flexibility index (Phi) is 7.98. The number of hydrogen-bond donors (Lipinski definition) is 1. The topological polar surface area (TPSA) is 75.4 Å². The van der Waals surface area contributed by atoms with Gasteiger partial charge in [0.2, 0.25) is 0 Å². The molecule has 0 aliphatic carbocycles. The van der Waals surface area contributed by atoms with Crippen LogP contribution in [0.4, 0.5) is 0 Å². The number of phenolic OH excluding ortho intramolecular Hbond substituents is 1. The number of likely N-dealkylation sites (tertiary alicyclic amines) is 1. The molecule has 4 rings (SSSR count). The van der Waals surface area contributed by atoms with E-state index in [9.17, 15) is 9.90 Å². The minimum absolute atomic E-state index is 0.0204. The highest BCUT2D eigenvalue weighted by molar-refractivity contribution is 5.91. The molecule has 1 N–H and O–H groups in total. The molecule has 1 unspecified atom stereocenters. The molecular weight excluding hydrogens is 444 g/mol. The molecule has 0 radical (unpaired) electrons. The molecule has 7 heteroatoms. The maximum Gasteiger partial charge on any atom is 0.289 e. The van der Waals surface area contributed by atoms with Crippen molar-refractivity contribution in [3.8, 4) is 17.2 Å². The van der Waals surface area contributed by atoms with Gasteiger partial charge >= 0.3 is 0 Å². The van der Waals surface area contributed by atoms with Crippen LogP contribution in [0.5, 0.6) is 17.2 Å². The summed E-state index contributed by atoms with van der Waals surface area (Å²) < 4.78 is 16.1. The summed E-state index contributed by atoms with van der Waals surface area (Å²) in [6.07, 6.45) is 4.18. The van der Waals surface area contributed by atoms with Crippen LogP contribution < -0.4 is 9.47 Å². The number of piperidine rings is 1. The van der Waals surface area contributed by atoms with Crippen LogP contribution in [0.2, 0.25) is 0 Å². The molecule has 0 saturated carbocycles. The Morgan fingerprint density at radius 3 is 2.57 bits per heavy atom. The van der Waals surface area contributed by atoms with Crippen molar-refractivity contribution in [1.29, 1.82) is 0 Å². The molecule has 1 aliphatic heterocycles. The third-order valence-electron chi connectivity index (χ3n) is 7.00. The molecular formula is C28H34N2O5. The molecule has 1 atom stereocenters. The molecule has 1 aromatic heterocycles. The van der Waals surface area contributed by atoms with Crippen LogP contribution in [-0.2, 0) is 13.0 Å². The number of furan rings is 1. The normalized spacial score (nSPS) is 15.5. The molecule has 1 aliphatic rings. The Labute approximate surface area is 206 Å². The van der Waals surface area contributed by atoms with Crippen molar-refractivity contribution in [3.05, 3.63) is 77.7 Å². The summed E-state index contributed by atoms with van der Waals surface area (Å²) in [7, 11) is 5.10. The van der Waals surface area contributed by atoms with Crippen molar-refractivity contribution < 1.29 is 23.8 Å². The van der Waals surface area contributed by atoms with Gasteiger partial charge in [0.05, 0.1) is 20.5 Å². The minimum Gasteiger partial charge on any atom is -0.504 e. The van der Waals surface area contributed by atoms with E-state index in [1.807, 2.05) is 42.3 Å². The Hall–Kier alpha value is -3.45. The number of nitrogens with zero attached hydrogens (tertiary/aromatic N) is 2. The van der Waals surface area contributed by atoms with Crippen LogP contribution in [0.1, 0.15) is 34.5 Å². The van der Waals surface area contributed by atoms with Gasteiger partial charge in [-0.05, 0) is 74.2 Å². The molecule has 0 spiro atoms. The fourth-order valence-corrected chi connectivity index (χ4v) is 4.98. The third kappa shape index (κ3) is 5.80. The quantitative estimate of drug-likeness (QED) is 0.485. The number of methoxy groups -OCH3 is 2. The second kappa shape index (κ2) is 11.3. The first-order chi connectivity index (χ1) is 17.0. The highest BCUT2D eigenvalue weighted by Crippen LogP contribution is 2.33. The number of likely N-dealkylation sites (N-methyl/N-ethyl adjacent to an activating group) is 1. The zero-order valence-corrected chi connectivity index (χ0v) is 20.6. The van der Waals surface area contributed by atoms with Crippen LogP contribution in [-0.4, -0.2) is 61.2 Å². The van der Waals surface area contributed by atoms with Crippen molar-refractivity contribution in [2.45, 2.75) is 31.8 Å². The molecule has 1 fully saturated rings. The molecule has 35 heavy (non-hydrogen) atoms. The van der Waals surface area contributed by atoms with Crippen molar-refractivity contribution in [3.63, 3.8) is 0 Å². The Bertz CT molecular complexity index is 1110. The molecule has 3 aromatic rings. The van der Waals surface area contributed by atoms with Gasteiger partial charge in [0.15, 0.2) is 17.3 Å². The lowest BCUT2D eigenvalue weighted by Crippen LogP contribution is -2.47. The third-order valence-corrected chi connectivity index (χ3v) is 7.00. The standard InChI is InChI=1S/C28H34N2O5/c1-29(28(32)26-11-6-16-35-26)24(18-20-7-4-9-23(17-20)33-2)21-12-14-30(15-13-21)19-22-8-5-10-25(34-3)27(22)31/h4-11,16-17,21,24,31H,12-15,18-19H2,1-3H3. The minimum atomic E-state index is -0.105. The van der Waals surface area contributed by atoms with Crippen LogP contribution in [0.25, 0.3) is 0 Å². The number of phenols is 1. The van der Waals surface area contributed by atoms with Gasteiger partial charge in [-0.1, -0.05) is 24.3 Å². The molecule has 186 valence electrons. The van der Waals surface area contributed by atoms with E-state index in [0.717, 1.165) is 49.2 Å². The van der Waals surface area contributed by atoms with Gasteiger partial charge in [-0.15, -0.1) is 0 Å². The Morgan fingerprint density at radius 2 is 1.89 bits per heavy atom. The number of ether oxygens (including phenoxy) is 2. The first-order valence-electron chi connectivity index (χ1n) is 12.0. The maximum absolute atomic E-state index is 13.2. The number of para-hydroxylation sites is 1. The van der Waals surface area contributed by atoms with Gasteiger partial charge in [-0.25, -0.2) is 0 Å². The maximum atomic E-state index is 13.2. The van der Waals surface area contributed by atoms with Crippen LogP contribution in [0.15, 0.2) is 65.3 Å². The van der Waals surface area contributed by atoms with Crippen molar-refractivity contribution in [2.24, 2.45) is 5.92 Å². The van der Waals surface area contributed by atoms with Gasteiger partial charge in [-0.3, -0.25) is 9.69 Å². The predicted molar refractivity (Wildman–Crippen MR) is 134 cm³/mol. The monoisotopic (exact) mass is 478 g/mol. The van der Waals surface area contributed by atoms with E-state index in [2.05, 4.69) is 11.0 Å². The average molecular weight is 479 g/mol. The lowest BCUT2D eigenvalue weighted by molar-refractivity contribution is 0.0555. The van der Waals surface area contributed by atoms with E-state index < -0.39 is 0 Å². The number of amides is 1. The van der Waals surface area contributed by atoms with E-state index >= 15 is 0 Å². The predicted octanol–water partition coefficient (Wildman–Crippen LogP) is 4.60. The van der Waals surface area contributed by atoms with Crippen LogP contribution in [0, 0.1) is 5.92 Å². The Balaban J connectivity index is 1.48. The zero-order valence-electron chi connectivity index (χ0n) is 20.6. The molecule has 2 aromatic carbocycles. The van der Waals surface area contributed by atoms with Crippen molar-refractivity contribution >= 4 is 5.91 Å². The summed E-state index contributed by atoms with van der Waals surface area (Å²) in [5.74, 6) is 2.10. The summed E-state index contributed by atoms with van der Waals surface area (Å²) in [5.41, 5.74) is 2.00. The molecule has 1 amide bonds. The fraction of sp³-hybridized carbons (Fsp3) is 0.393. The molecule has 7 nitrogen and oxygen atoms in total. The number of benzene rings is 2. The van der Waals surface area contributed by atoms with Crippen molar-refractivity contribution in [1.82, 2.24) is 9.80 Å². The molecule has 0 bridgehead atoms. The fourth-order valence-electron chi connectivity index (χ4n) is 4.98. The number of hydrogen-bond acceptors (Lipinski definition) is 6. The van der Waals surface area contributed by atoms with E-state index in [1.165, 1.54) is 6.26 Å². The summed E-state index contributed by atoms with van der Waals surface area (Å²) in [4.78, 5) is 17.4. The van der Waals surface area contributed by atoms with Gasteiger partial charge in [-0.2, -0.15) is 0 Å². The number of carbonyl (C=O) groups excluding carboxylic acids is 1.